The molecule has 1 aromatic heterocycles. The molecule has 1 rings (SSSR count). The van der Waals surface area contributed by atoms with E-state index in [-0.39, 0.29) is 5.91 Å². The van der Waals surface area contributed by atoms with Gasteiger partial charge in [0.2, 0.25) is 5.91 Å². The average Bonchev–Trinajstić information content (AvgIpc) is 2.26. The molecule has 0 saturated carbocycles. The first kappa shape index (κ1) is 11.7. The van der Waals surface area contributed by atoms with Gasteiger partial charge in [0, 0.05) is 25.5 Å². The van der Waals surface area contributed by atoms with E-state index in [2.05, 4.69) is 4.98 Å². The molecule has 0 spiro atoms. The lowest BCUT2D eigenvalue weighted by molar-refractivity contribution is -0.132. The van der Waals surface area contributed by atoms with Crippen molar-refractivity contribution < 1.29 is 4.79 Å². The van der Waals surface area contributed by atoms with Crippen LogP contribution >= 0.6 is 0 Å². The van der Waals surface area contributed by atoms with Gasteiger partial charge >= 0.3 is 0 Å². The first-order valence-electron chi connectivity index (χ1n) is 5.08. The van der Waals surface area contributed by atoms with Crippen LogP contribution in [0, 0.1) is 0 Å². The number of amides is 1. The maximum absolute atomic E-state index is 11.7. The van der Waals surface area contributed by atoms with Gasteiger partial charge in [-0.05, 0) is 31.5 Å². The summed E-state index contributed by atoms with van der Waals surface area (Å²) in [6.07, 6.45) is 3.44. The van der Waals surface area contributed by atoms with Gasteiger partial charge < -0.3 is 10.6 Å². The standard InChI is InChI=1S/C11H17N3O/c1-3-14(11(15)9(2)12)8-10-4-6-13-7-5-10/h4-7,9H,3,8,12H2,1-2H3/t9-/m1/s1. The maximum atomic E-state index is 11.7. The summed E-state index contributed by atoms with van der Waals surface area (Å²) in [6.45, 7) is 4.92. The summed E-state index contributed by atoms with van der Waals surface area (Å²) in [4.78, 5) is 17.3. The smallest absolute Gasteiger partial charge is 0.239 e. The zero-order valence-corrected chi connectivity index (χ0v) is 9.18. The second kappa shape index (κ2) is 5.46. The number of nitrogens with zero attached hydrogens (tertiary/aromatic N) is 2. The molecule has 82 valence electrons. The molecule has 0 unspecified atom stereocenters. The van der Waals surface area contributed by atoms with Gasteiger partial charge in [0.05, 0.1) is 6.04 Å². The highest BCUT2D eigenvalue weighted by molar-refractivity contribution is 5.81. The van der Waals surface area contributed by atoms with Crippen molar-refractivity contribution in [3.05, 3.63) is 30.1 Å². The Morgan fingerprint density at radius 2 is 2.13 bits per heavy atom. The molecular formula is C11H17N3O. The van der Waals surface area contributed by atoms with E-state index < -0.39 is 6.04 Å². The summed E-state index contributed by atoms with van der Waals surface area (Å²) in [7, 11) is 0. The molecule has 0 radical (unpaired) electrons. The number of hydrogen-bond acceptors (Lipinski definition) is 3. The van der Waals surface area contributed by atoms with Crippen LogP contribution in [0.4, 0.5) is 0 Å². The number of pyridine rings is 1. The Kier molecular flexibility index (Phi) is 4.24. The predicted molar refractivity (Wildman–Crippen MR) is 59.0 cm³/mol. The first-order valence-corrected chi connectivity index (χ1v) is 5.08. The molecule has 1 heterocycles. The van der Waals surface area contributed by atoms with Crippen molar-refractivity contribution in [2.45, 2.75) is 26.4 Å². The molecule has 4 heteroatoms. The topological polar surface area (TPSA) is 59.2 Å². The Bertz CT molecular complexity index is 311. The van der Waals surface area contributed by atoms with Crippen LogP contribution in [-0.2, 0) is 11.3 Å². The molecule has 1 aromatic rings. The maximum Gasteiger partial charge on any atom is 0.239 e. The molecule has 1 atom stereocenters. The fourth-order valence-corrected chi connectivity index (χ4v) is 1.34. The normalized spacial score (nSPS) is 12.2. The predicted octanol–water partition coefficient (Wildman–Crippen LogP) is 0.777. The lowest BCUT2D eigenvalue weighted by Crippen LogP contribution is -2.41. The van der Waals surface area contributed by atoms with E-state index in [1.54, 1.807) is 24.2 Å². The van der Waals surface area contributed by atoms with Crippen molar-refractivity contribution in [3.63, 3.8) is 0 Å². The van der Waals surface area contributed by atoms with Crippen molar-refractivity contribution >= 4 is 5.91 Å². The number of aromatic nitrogens is 1. The van der Waals surface area contributed by atoms with Gasteiger partial charge in [-0.1, -0.05) is 0 Å². The minimum absolute atomic E-state index is 0.0192. The van der Waals surface area contributed by atoms with Crippen LogP contribution in [0.2, 0.25) is 0 Å². The number of hydrogen-bond donors (Lipinski definition) is 1. The molecule has 4 nitrogen and oxygen atoms in total. The van der Waals surface area contributed by atoms with Gasteiger partial charge in [-0.2, -0.15) is 0 Å². The zero-order valence-electron chi connectivity index (χ0n) is 9.18. The number of carbonyl (C=O) groups is 1. The summed E-state index contributed by atoms with van der Waals surface area (Å²) in [5.41, 5.74) is 6.63. The average molecular weight is 207 g/mol. The molecule has 0 aliphatic rings. The van der Waals surface area contributed by atoms with Crippen LogP contribution in [0.15, 0.2) is 24.5 Å². The minimum Gasteiger partial charge on any atom is -0.337 e. The van der Waals surface area contributed by atoms with Gasteiger partial charge in [-0.25, -0.2) is 0 Å². The highest BCUT2D eigenvalue weighted by Gasteiger charge is 2.15. The summed E-state index contributed by atoms with van der Waals surface area (Å²) in [5.74, 6) is -0.0192. The summed E-state index contributed by atoms with van der Waals surface area (Å²) in [6, 6.07) is 3.36. The lowest BCUT2D eigenvalue weighted by Gasteiger charge is -2.22. The van der Waals surface area contributed by atoms with Crippen molar-refractivity contribution in [2.24, 2.45) is 5.73 Å². The van der Waals surface area contributed by atoms with Crippen LogP contribution in [-0.4, -0.2) is 28.4 Å². The highest BCUT2D eigenvalue weighted by atomic mass is 16.2. The second-order valence-electron chi connectivity index (χ2n) is 3.50. The van der Waals surface area contributed by atoms with E-state index in [1.165, 1.54) is 0 Å². The van der Waals surface area contributed by atoms with Gasteiger partial charge in [0.1, 0.15) is 0 Å². The SMILES string of the molecule is CCN(Cc1ccncc1)C(=O)[C@@H](C)N. The van der Waals surface area contributed by atoms with Crippen molar-refractivity contribution in [3.8, 4) is 0 Å². The van der Waals surface area contributed by atoms with Crippen LogP contribution in [0.25, 0.3) is 0 Å². The highest BCUT2D eigenvalue weighted by Crippen LogP contribution is 2.04. The molecule has 1 amide bonds. The summed E-state index contributed by atoms with van der Waals surface area (Å²) in [5, 5.41) is 0. The van der Waals surface area contributed by atoms with E-state index in [1.807, 2.05) is 19.1 Å². The fourth-order valence-electron chi connectivity index (χ4n) is 1.34. The Labute approximate surface area is 90.1 Å². The molecule has 0 aliphatic heterocycles. The van der Waals surface area contributed by atoms with Crippen molar-refractivity contribution in [2.75, 3.05) is 6.54 Å². The van der Waals surface area contributed by atoms with Gasteiger partial charge in [-0.3, -0.25) is 9.78 Å². The second-order valence-corrected chi connectivity index (χ2v) is 3.50. The Morgan fingerprint density at radius 3 is 2.60 bits per heavy atom. The number of nitrogens with two attached hydrogens (primary N) is 1. The number of rotatable bonds is 4. The Hall–Kier alpha value is -1.42. The largest absolute Gasteiger partial charge is 0.337 e. The molecule has 0 bridgehead atoms. The van der Waals surface area contributed by atoms with Crippen molar-refractivity contribution in [1.29, 1.82) is 0 Å². The summed E-state index contributed by atoms with van der Waals surface area (Å²) >= 11 is 0. The third-order valence-corrected chi connectivity index (χ3v) is 2.21. The molecule has 2 N–H and O–H groups in total. The monoisotopic (exact) mass is 207 g/mol. The fraction of sp³-hybridized carbons (Fsp3) is 0.455. The zero-order chi connectivity index (χ0) is 11.3. The summed E-state index contributed by atoms with van der Waals surface area (Å²) < 4.78 is 0. The third kappa shape index (κ3) is 3.32. The molecular weight excluding hydrogens is 190 g/mol. The van der Waals surface area contributed by atoms with E-state index in [0.29, 0.717) is 13.1 Å². The molecule has 0 aromatic carbocycles. The van der Waals surface area contributed by atoms with E-state index in [4.69, 9.17) is 5.73 Å². The Balaban J connectivity index is 2.66. The van der Waals surface area contributed by atoms with Crippen LogP contribution in [0.5, 0.6) is 0 Å². The number of likely N-dealkylation sites (N-methyl/N-ethyl adjacent to an activating group) is 1. The third-order valence-electron chi connectivity index (χ3n) is 2.21. The van der Waals surface area contributed by atoms with Crippen LogP contribution in [0.3, 0.4) is 0 Å². The van der Waals surface area contributed by atoms with Gasteiger partial charge in [0.15, 0.2) is 0 Å². The molecule has 0 fully saturated rings. The molecule has 15 heavy (non-hydrogen) atoms. The molecule has 0 saturated heterocycles. The Morgan fingerprint density at radius 1 is 1.53 bits per heavy atom. The van der Waals surface area contributed by atoms with Gasteiger partial charge in [-0.15, -0.1) is 0 Å². The van der Waals surface area contributed by atoms with E-state index >= 15 is 0 Å². The van der Waals surface area contributed by atoms with E-state index in [9.17, 15) is 4.79 Å². The number of carbonyl (C=O) groups excluding carboxylic acids is 1. The van der Waals surface area contributed by atoms with Crippen molar-refractivity contribution in [1.82, 2.24) is 9.88 Å². The van der Waals surface area contributed by atoms with Gasteiger partial charge in [0.25, 0.3) is 0 Å². The quantitative estimate of drug-likeness (QED) is 0.793. The minimum atomic E-state index is -0.438. The van der Waals surface area contributed by atoms with Crippen LogP contribution in [0.1, 0.15) is 19.4 Å². The lowest BCUT2D eigenvalue weighted by atomic mass is 10.2. The first-order chi connectivity index (χ1) is 7.15. The van der Waals surface area contributed by atoms with Crippen LogP contribution < -0.4 is 5.73 Å². The van der Waals surface area contributed by atoms with E-state index in [0.717, 1.165) is 5.56 Å². The molecule has 0 aliphatic carbocycles.